The number of hydrogen-bond acceptors (Lipinski definition) is 5. The highest BCUT2D eigenvalue weighted by Gasteiger charge is 2.12. The third-order valence-corrected chi connectivity index (χ3v) is 4.36. The maximum Gasteiger partial charge on any atom is 0.162 e. The van der Waals surface area contributed by atoms with Crippen molar-refractivity contribution >= 4 is 10.9 Å². The Hall–Kier alpha value is -3.41. The molecule has 4 aromatic rings. The van der Waals surface area contributed by atoms with Crippen molar-refractivity contribution in [2.45, 2.75) is 0 Å². The van der Waals surface area contributed by atoms with Crippen molar-refractivity contribution in [1.29, 1.82) is 0 Å². The summed E-state index contributed by atoms with van der Waals surface area (Å²) < 4.78 is 12.6. The average molecular weight is 346 g/mol. The van der Waals surface area contributed by atoms with Gasteiger partial charge in [-0.1, -0.05) is 18.2 Å². The molecule has 6 nitrogen and oxygen atoms in total. The zero-order valence-corrected chi connectivity index (χ0v) is 14.8. The number of aryl methyl sites for hydroxylation is 1. The SMILES string of the molecule is COc1cc2nncc(-c3cccc(-c4cnn(C)c4)c3)c2cc1OC. The van der Waals surface area contributed by atoms with Crippen molar-refractivity contribution in [1.82, 2.24) is 20.0 Å². The van der Waals surface area contributed by atoms with E-state index in [2.05, 4.69) is 33.5 Å². The number of benzene rings is 2. The summed E-state index contributed by atoms with van der Waals surface area (Å²) >= 11 is 0. The predicted octanol–water partition coefficient (Wildman–Crippen LogP) is 3.71. The van der Waals surface area contributed by atoms with Crippen LogP contribution in [0.1, 0.15) is 0 Å². The lowest BCUT2D eigenvalue weighted by atomic mass is 9.99. The molecule has 0 N–H and O–H groups in total. The Labute approximate surface area is 151 Å². The minimum absolute atomic E-state index is 0.635. The van der Waals surface area contributed by atoms with Gasteiger partial charge in [0.25, 0.3) is 0 Å². The number of hydrogen-bond donors (Lipinski definition) is 0. The van der Waals surface area contributed by atoms with E-state index in [9.17, 15) is 0 Å². The largest absolute Gasteiger partial charge is 0.493 e. The number of aromatic nitrogens is 4. The second-order valence-corrected chi connectivity index (χ2v) is 5.97. The number of ether oxygens (including phenoxy) is 2. The number of nitrogens with zero attached hydrogens (tertiary/aromatic N) is 4. The Morgan fingerprint density at radius 3 is 2.38 bits per heavy atom. The molecule has 0 bridgehead atoms. The summed E-state index contributed by atoms with van der Waals surface area (Å²) in [6, 6.07) is 12.1. The Kier molecular flexibility index (Phi) is 4.01. The fraction of sp³-hybridized carbons (Fsp3) is 0.150. The van der Waals surface area contributed by atoms with Crippen LogP contribution in [0.3, 0.4) is 0 Å². The molecule has 0 unspecified atom stereocenters. The fourth-order valence-corrected chi connectivity index (χ4v) is 3.05. The van der Waals surface area contributed by atoms with Gasteiger partial charge in [0.05, 0.1) is 32.1 Å². The summed E-state index contributed by atoms with van der Waals surface area (Å²) in [7, 11) is 5.15. The van der Waals surface area contributed by atoms with Crippen LogP contribution in [-0.2, 0) is 7.05 Å². The van der Waals surface area contributed by atoms with Crippen LogP contribution < -0.4 is 9.47 Å². The monoisotopic (exact) mass is 346 g/mol. The zero-order valence-electron chi connectivity index (χ0n) is 14.8. The normalized spacial score (nSPS) is 10.9. The quantitative estimate of drug-likeness (QED) is 0.564. The van der Waals surface area contributed by atoms with Crippen molar-refractivity contribution in [2.24, 2.45) is 7.05 Å². The van der Waals surface area contributed by atoms with Crippen LogP contribution in [0.5, 0.6) is 11.5 Å². The molecule has 2 aromatic carbocycles. The summed E-state index contributed by atoms with van der Waals surface area (Å²) in [5, 5.41) is 13.6. The molecule has 0 radical (unpaired) electrons. The van der Waals surface area contributed by atoms with Gasteiger partial charge >= 0.3 is 0 Å². The van der Waals surface area contributed by atoms with Gasteiger partial charge in [0.1, 0.15) is 0 Å². The average Bonchev–Trinajstić information content (AvgIpc) is 3.12. The van der Waals surface area contributed by atoms with Crippen LogP contribution in [0.4, 0.5) is 0 Å². The molecule has 130 valence electrons. The van der Waals surface area contributed by atoms with E-state index < -0.39 is 0 Å². The number of methoxy groups -OCH3 is 2. The van der Waals surface area contributed by atoms with Gasteiger partial charge < -0.3 is 9.47 Å². The maximum absolute atomic E-state index is 5.45. The van der Waals surface area contributed by atoms with Crippen LogP contribution in [0, 0.1) is 0 Å². The Morgan fingerprint density at radius 1 is 0.885 bits per heavy atom. The molecule has 0 aliphatic rings. The van der Waals surface area contributed by atoms with Crippen LogP contribution in [0.25, 0.3) is 33.2 Å². The molecular weight excluding hydrogens is 328 g/mol. The van der Waals surface area contributed by atoms with Crippen LogP contribution in [0.2, 0.25) is 0 Å². The maximum atomic E-state index is 5.45. The number of fused-ring (bicyclic) bond motifs is 1. The van der Waals surface area contributed by atoms with Crippen molar-refractivity contribution in [2.75, 3.05) is 14.2 Å². The summed E-state index contributed by atoms with van der Waals surface area (Å²) in [5.74, 6) is 1.30. The highest BCUT2D eigenvalue weighted by Crippen LogP contribution is 2.36. The molecule has 0 aliphatic heterocycles. The zero-order chi connectivity index (χ0) is 18.1. The highest BCUT2D eigenvalue weighted by molar-refractivity contribution is 5.96. The van der Waals surface area contributed by atoms with Crippen molar-refractivity contribution in [3.05, 3.63) is 55.0 Å². The molecule has 0 aliphatic carbocycles. The van der Waals surface area contributed by atoms with E-state index in [1.54, 1.807) is 25.1 Å². The lowest BCUT2D eigenvalue weighted by Gasteiger charge is -2.11. The van der Waals surface area contributed by atoms with E-state index in [1.165, 1.54) is 0 Å². The molecular formula is C20H18N4O2. The van der Waals surface area contributed by atoms with E-state index in [-0.39, 0.29) is 0 Å². The molecule has 4 rings (SSSR count). The molecule has 0 amide bonds. The molecule has 0 atom stereocenters. The van der Waals surface area contributed by atoms with E-state index >= 15 is 0 Å². The van der Waals surface area contributed by atoms with Crippen LogP contribution in [-0.4, -0.2) is 34.2 Å². The van der Waals surface area contributed by atoms with Gasteiger partial charge in [0.2, 0.25) is 0 Å². The summed E-state index contributed by atoms with van der Waals surface area (Å²) in [6.45, 7) is 0. The smallest absolute Gasteiger partial charge is 0.162 e. The van der Waals surface area contributed by atoms with Gasteiger partial charge in [-0.25, -0.2) is 0 Å². The standard InChI is InChI=1S/C20H18N4O2/c1-24-12-15(10-22-24)13-5-4-6-14(7-13)17-11-21-23-18-9-20(26-3)19(25-2)8-16(17)18/h4-12H,1-3H3. The highest BCUT2D eigenvalue weighted by atomic mass is 16.5. The molecule has 6 heteroatoms. The number of rotatable bonds is 4. The van der Waals surface area contributed by atoms with E-state index in [4.69, 9.17) is 9.47 Å². The summed E-state index contributed by atoms with van der Waals surface area (Å²) in [5.41, 5.74) is 4.97. The minimum Gasteiger partial charge on any atom is -0.493 e. The van der Waals surface area contributed by atoms with Crippen LogP contribution >= 0.6 is 0 Å². The predicted molar refractivity (Wildman–Crippen MR) is 100 cm³/mol. The first-order chi connectivity index (χ1) is 12.7. The lowest BCUT2D eigenvalue weighted by molar-refractivity contribution is 0.356. The van der Waals surface area contributed by atoms with Gasteiger partial charge in [-0.05, 0) is 23.3 Å². The molecule has 0 fully saturated rings. The Morgan fingerprint density at radius 2 is 1.65 bits per heavy atom. The summed E-state index contributed by atoms with van der Waals surface area (Å²) in [6.07, 6.45) is 5.63. The molecule has 2 heterocycles. The van der Waals surface area contributed by atoms with E-state index in [1.807, 2.05) is 37.6 Å². The Bertz CT molecular complexity index is 1090. The topological polar surface area (TPSA) is 62.1 Å². The molecule has 2 aromatic heterocycles. The van der Waals surface area contributed by atoms with E-state index in [0.717, 1.165) is 33.2 Å². The third-order valence-electron chi connectivity index (χ3n) is 4.36. The van der Waals surface area contributed by atoms with E-state index in [0.29, 0.717) is 11.5 Å². The van der Waals surface area contributed by atoms with Gasteiger partial charge in [-0.2, -0.15) is 15.3 Å². The first-order valence-corrected chi connectivity index (χ1v) is 8.16. The van der Waals surface area contributed by atoms with Gasteiger partial charge in [0.15, 0.2) is 11.5 Å². The first kappa shape index (κ1) is 16.1. The molecule has 26 heavy (non-hydrogen) atoms. The lowest BCUT2D eigenvalue weighted by Crippen LogP contribution is -1.94. The summed E-state index contributed by atoms with van der Waals surface area (Å²) in [4.78, 5) is 0. The fourth-order valence-electron chi connectivity index (χ4n) is 3.05. The second kappa shape index (κ2) is 6.48. The van der Waals surface area contributed by atoms with Crippen molar-refractivity contribution in [3.63, 3.8) is 0 Å². The molecule has 0 saturated carbocycles. The van der Waals surface area contributed by atoms with Gasteiger partial charge in [-0.15, -0.1) is 0 Å². The second-order valence-electron chi connectivity index (χ2n) is 5.97. The van der Waals surface area contributed by atoms with Crippen molar-refractivity contribution in [3.8, 4) is 33.8 Å². The molecule has 0 spiro atoms. The van der Waals surface area contributed by atoms with Gasteiger partial charge in [-0.3, -0.25) is 4.68 Å². The van der Waals surface area contributed by atoms with Crippen LogP contribution in [0.15, 0.2) is 55.0 Å². The Balaban J connectivity index is 1.89. The van der Waals surface area contributed by atoms with Gasteiger partial charge in [0, 0.05) is 35.8 Å². The first-order valence-electron chi connectivity index (χ1n) is 8.16. The molecule has 0 saturated heterocycles. The minimum atomic E-state index is 0.635. The van der Waals surface area contributed by atoms with Crippen molar-refractivity contribution < 1.29 is 9.47 Å². The third kappa shape index (κ3) is 2.75.